The Balaban J connectivity index is 0.000000184. The van der Waals surface area contributed by atoms with Gasteiger partial charge in [0.05, 0.1) is 5.69 Å². The molecule has 6 aromatic carbocycles. The smallest absolute Gasteiger partial charge is 0.0559 e. The second kappa shape index (κ2) is 24.3. The lowest BCUT2D eigenvalue weighted by molar-refractivity contribution is 0.565. The van der Waals surface area contributed by atoms with Crippen molar-refractivity contribution in [3.8, 4) is 11.1 Å². The molecule has 2 heterocycles. The van der Waals surface area contributed by atoms with Gasteiger partial charge < -0.3 is 27.9 Å². The molecule has 10 N–H and O–H groups in total. The van der Waals surface area contributed by atoms with E-state index in [9.17, 15) is 0 Å². The summed E-state index contributed by atoms with van der Waals surface area (Å²) in [6.07, 6.45) is 29.1. The molecule has 0 aromatic heterocycles. The van der Waals surface area contributed by atoms with Crippen LogP contribution in [0.3, 0.4) is 0 Å². The van der Waals surface area contributed by atoms with Gasteiger partial charge >= 0.3 is 0 Å². The van der Waals surface area contributed by atoms with E-state index in [4.69, 9.17) is 17.3 Å². The average Bonchev–Trinajstić information content (AvgIpc) is 3.64. The molecule has 0 saturated carbocycles. The SMILES string of the molecule is C(=C\c1ccccc1)/Cc1ccccc1.C/C=C\C=C(/N)c1ccccc1N.C=C1/C=C\C=C/CNc2ccc(-c3ccc4c(c3)C3(C=CC=CC3)CN4N)cc21.N.c1c#cc#cc#1. The highest BCUT2D eigenvalue weighted by Gasteiger charge is 2.40. The minimum Gasteiger partial charge on any atom is -0.398 e. The number of hydrogen-bond donors (Lipinski definition) is 5. The van der Waals surface area contributed by atoms with Crippen LogP contribution in [0.2, 0.25) is 0 Å². The van der Waals surface area contributed by atoms with Gasteiger partial charge in [0.2, 0.25) is 0 Å². The van der Waals surface area contributed by atoms with Crippen molar-refractivity contribution in [3.63, 3.8) is 0 Å². The number of rotatable bonds is 6. The fraction of sp³-hybridized carbons (Fsp3) is 0.103. The van der Waals surface area contributed by atoms with Crippen LogP contribution in [-0.4, -0.2) is 13.1 Å². The molecular formula is C58H56N6. The zero-order valence-corrected chi connectivity index (χ0v) is 36.5. The Kier molecular flexibility index (Phi) is 17.8. The molecule has 318 valence electrons. The van der Waals surface area contributed by atoms with Gasteiger partial charge in [0.15, 0.2) is 0 Å². The van der Waals surface area contributed by atoms with Crippen molar-refractivity contribution in [1.82, 2.24) is 6.15 Å². The van der Waals surface area contributed by atoms with E-state index in [-0.39, 0.29) is 11.6 Å². The fourth-order valence-electron chi connectivity index (χ4n) is 7.29. The Bertz CT molecular complexity index is 2570. The summed E-state index contributed by atoms with van der Waals surface area (Å²) in [6.45, 7) is 7.83. The largest absolute Gasteiger partial charge is 0.398 e. The lowest BCUT2D eigenvalue weighted by Crippen LogP contribution is -2.36. The molecule has 1 spiro atoms. The maximum Gasteiger partial charge on any atom is 0.0559 e. The molecule has 0 radical (unpaired) electrons. The van der Waals surface area contributed by atoms with Crippen LogP contribution in [0.1, 0.15) is 41.2 Å². The lowest BCUT2D eigenvalue weighted by Gasteiger charge is -2.27. The third-order valence-electron chi connectivity index (χ3n) is 10.5. The van der Waals surface area contributed by atoms with Crippen LogP contribution >= 0.6 is 0 Å². The van der Waals surface area contributed by atoms with E-state index in [1.165, 1.54) is 27.8 Å². The number of nitrogens with one attached hydrogen (secondary N) is 1. The molecule has 0 saturated heterocycles. The molecule has 1 unspecified atom stereocenters. The number of benzene rings is 5. The molecule has 0 bridgehead atoms. The first-order chi connectivity index (χ1) is 30.9. The predicted octanol–water partition coefficient (Wildman–Crippen LogP) is 12.1. The van der Waals surface area contributed by atoms with Crippen molar-refractivity contribution in [3.05, 3.63) is 265 Å². The van der Waals surface area contributed by atoms with E-state index >= 15 is 0 Å². The summed E-state index contributed by atoms with van der Waals surface area (Å²) in [7, 11) is 0. The van der Waals surface area contributed by atoms with Gasteiger partial charge in [-0.3, -0.25) is 0 Å². The van der Waals surface area contributed by atoms with Crippen LogP contribution in [0.4, 0.5) is 17.1 Å². The Morgan fingerprint density at radius 1 is 0.781 bits per heavy atom. The maximum atomic E-state index is 6.34. The number of nitrogen functional groups attached to an aromatic ring is 1. The molecule has 9 rings (SSSR count). The van der Waals surface area contributed by atoms with Gasteiger partial charge in [0.25, 0.3) is 0 Å². The van der Waals surface area contributed by atoms with E-state index in [0.717, 1.165) is 54.0 Å². The molecule has 6 aromatic rings. The van der Waals surface area contributed by atoms with E-state index < -0.39 is 0 Å². The zero-order valence-electron chi connectivity index (χ0n) is 36.5. The number of anilines is 3. The summed E-state index contributed by atoms with van der Waals surface area (Å²) in [4.78, 5) is 0. The number of allylic oxidation sites excluding steroid dienone is 11. The van der Waals surface area contributed by atoms with Crippen LogP contribution in [0.15, 0.2) is 201 Å². The van der Waals surface area contributed by atoms with Crippen molar-refractivity contribution in [2.45, 2.75) is 25.2 Å². The standard InChI is InChI=1S/C26H25N3.C15H14.C11H14N2.C6.H3N/c1-19-8-4-2-7-15-28-24-11-9-20(16-22(19)24)21-10-12-25-23(17-21)26(18-29(25)27)13-5-3-6-14-26;1-3-8-14(9-4-1)12-7-13-15-10-5-2-6-11-15;1-2-3-7-10(12)9-6-4-5-8-11(9)13;1-2-4-6-5-3-1;/h2-13,16-17,28H,1,14-15,18,27H2;1-12H,13H2;2-8H,12-13H2,1H3;;1H3/b7-2-,8-4-;12-7+;3-2-,10-7-;;. The number of hydrogen-bond acceptors (Lipinski definition) is 6. The van der Waals surface area contributed by atoms with E-state index in [1.807, 2.05) is 72.6 Å². The van der Waals surface area contributed by atoms with Gasteiger partial charge in [-0.05, 0) is 89.6 Å². The van der Waals surface area contributed by atoms with Crippen LogP contribution in [0.5, 0.6) is 0 Å². The molecule has 6 nitrogen and oxygen atoms in total. The first kappa shape index (κ1) is 46.9. The third kappa shape index (κ3) is 13.2. The lowest BCUT2D eigenvalue weighted by atomic mass is 9.76. The maximum absolute atomic E-state index is 6.34. The molecule has 0 fully saturated rings. The van der Waals surface area contributed by atoms with Gasteiger partial charge in [-0.15, -0.1) is 0 Å². The van der Waals surface area contributed by atoms with E-state index in [2.05, 4.69) is 188 Å². The summed E-state index contributed by atoms with van der Waals surface area (Å²) in [6, 6.07) is 56.6. The van der Waals surface area contributed by atoms with Crippen LogP contribution < -0.4 is 33.8 Å². The van der Waals surface area contributed by atoms with Crippen molar-refractivity contribution in [2.75, 3.05) is 29.1 Å². The van der Waals surface area contributed by atoms with Gasteiger partial charge in [-0.2, -0.15) is 0 Å². The van der Waals surface area contributed by atoms with E-state index in [1.54, 1.807) is 0 Å². The molecule has 0 amide bonds. The third-order valence-corrected chi connectivity index (χ3v) is 10.5. The molecule has 3 aliphatic rings. The highest BCUT2D eigenvalue weighted by atomic mass is 15.4. The van der Waals surface area contributed by atoms with Crippen molar-refractivity contribution >= 4 is 34.4 Å². The highest BCUT2D eigenvalue weighted by molar-refractivity contribution is 5.85. The number of nitrogens with zero attached hydrogens (tertiary/aromatic N) is 1. The first-order valence-corrected chi connectivity index (χ1v) is 21.0. The van der Waals surface area contributed by atoms with Gasteiger partial charge in [-0.1, -0.05) is 170 Å². The number of nitrogens with two attached hydrogens (primary N) is 3. The molecule has 64 heavy (non-hydrogen) atoms. The minimum absolute atomic E-state index is 0. The summed E-state index contributed by atoms with van der Waals surface area (Å²) >= 11 is 0. The normalized spacial score (nSPS) is 16.4. The summed E-state index contributed by atoms with van der Waals surface area (Å²) < 4.78 is 0. The van der Waals surface area contributed by atoms with Crippen LogP contribution in [0, 0.1) is 36.4 Å². The second-order valence-corrected chi connectivity index (χ2v) is 14.9. The molecule has 6 heteroatoms. The van der Waals surface area contributed by atoms with Crippen LogP contribution in [0.25, 0.3) is 28.5 Å². The Labute approximate surface area is 381 Å². The molecule has 1 atom stereocenters. The summed E-state index contributed by atoms with van der Waals surface area (Å²) in [5.41, 5.74) is 24.5. The average molecular weight is 837 g/mol. The quantitative estimate of drug-likeness (QED) is 0.0646. The summed E-state index contributed by atoms with van der Waals surface area (Å²) in [5, 5.41) is 5.37. The van der Waals surface area contributed by atoms with Crippen molar-refractivity contribution < 1.29 is 0 Å². The second-order valence-electron chi connectivity index (χ2n) is 14.9. The highest BCUT2D eigenvalue weighted by Crippen LogP contribution is 2.46. The Morgan fingerprint density at radius 2 is 1.44 bits per heavy atom. The van der Waals surface area contributed by atoms with Gasteiger partial charge in [0.1, 0.15) is 0 Å². The number of fused-ring (bicyclic) bond motifs is 3. The van der Waals surface area contributed by atoms with Crippen LogP contribution in [-0.2, 0) is 11.8 Å². The molecule has 2 aliphatic heterocycles. The van der Waals surface area contributed by atoms with E-state index in [0.29, 0.717) is 11.4 Å². The Hall–Kier alpha value is -8.18. The Morgan fingerprint density at radius 3 is 2.12 bits per heavy atom. The molecule has 1 aliphatic carbocycles. The van der Waals surface area contributed by atoms with Gasteiger partial charge in [0, 0.05) is 83.1 Å². The predicted molar refractivity (Wildman–Crippen MR) is 272 cm³/mol. The monoisotopic (exact) mass is 836 g/mol. The minimum atomic E-state index is -0.0318. The summed E-state index contributed by atoms with van der Waals surface area (Å²) in [5.74, 6) is 6.34. The topological polar surface area (TPSA) is 128 Å². The van der Waals surface area contributed by atoms with Crippen molar-refractivity contribution in [1.29, 1.82) is 0 Å². The zero-order chi connectivity index (χ0) is 44.1. The molecular weight excluding hydrogens is 781 g/mol. The van der Waals surface area contributed by atoms with Crippen molar-refractivity contribution in [2.24, 2.45) is 11.6 Å². The number of hydrazine groups is 1. The van der Waals surface area contributed by atoms with Gasteiger partial charge in [-0.25, -0.2) is 5.84 Å². The first-order valence-electron chi connectivity index (χ1n) is 21.0. The fourth-order valence-corrected chi connectivity index (χ4v) is 7.29. The number of para-hydroxylation sites is 1.